The van der Waals surface area contributed by atoms with Crippen LogP contribution in [-0.4, -0.2) is 32.0 Å². The van der Waals surface area contributed by atoms with Crippen molar-refractivity contribution >= 4 is 26.7 Å². The first-order chi connectivity index (χ1) is 7.97. The molecule has 1 aromatic heterocycles. The number of aryl methyl sites for hydroxylation is 2. The lowest BCUT2D eigenvalue weighted by atomic mass is 10.3. The van der Waals surface area contributed by atoms with Crippen molar-refractivity contribution in [1.82, 2.24) is 15.1 Å². The van der Waals surface area contributed by atoms with Crippen molar-refractivity contribution in [2.45, 2.75) is 32.1 Å². The predicted octanol–water partition coefficient (Wildman–Crippen LogP) is 1.60. The maximum atomic E-state index is 11.2. The number of halogens is 1. The minimum atomic E-state index is -0.772. The second kappa shape index (κ2) is 6.66. The number of hydrogen-bond acceptors (Lipinski definition) is 3. The molecule has 0 fully saturated rings. The van der Waals surface area contributed by atoms with Gasteiger partial charge in [0.1, 0.15) is 0 Å². The average Bonchev–Trinajstić information content (AvgIpc) is 2.55. The predicted molar refractivity (Wildman–Crippen MR) is 75.5 cm³/mol. The van der Waals surface area contributed by atoms with E-state index < -0.39 is 10.8 Å². The molecule has 17 heavy (non-hydrogen) atoms. The maximum absolute atomic E-state index is 11.2. The number of nitrogens with one attached hydrogen (secondary N) is 1. The van der Waals surface area contributed by atoms with Crippen LogP contribution in [0.25, 0.3) is 0 Å². The van der Waals surface area contributed by atoms with Gasteiger partial charge >= 0.3 is 0 Å². The van der Waals surface area contributed by atoms with Gasteiger partial charge in [0.15, 0.2) is 0 Å². The standard InChI is InChI=1S/C11H20BrN3OS/c1-5-9-11(12)10(15(3)14-9)7-13-6-8(2)17(4)16/h8,13H,5-7H2,1-4H3. The Bertz CT molecular complexity index is 406. The van der Waals surface area contributed by atoms with Crippen LogP contribution in [0.2, 0.25) is 0 Å². The van der Waals surface area contributed by atoms with Gasteiger partial charge in [-0.25, -0.2) is 0 Å². The molecule has 0 amide bonds. The van der Waals surface area contributed by atoms with Crippen LogP contribution in [0, 0.1) is 0 Å². The van der Waals surface area contributed by atoms with Crippen LogP contribution in [0.5, 0.6) is 0 Å². The van der Waals surface area contributed by atoms with E-state index in [4.69, 9.17) is 0 Å². The zero-order valence-corrected chi connectivity index (χ0v) is 13.2. The topological polar surface area (TPSA) is 46.9 Å². The average molecular weight is 322 g/mol. The van der Waals surface area contributed by atoms with E-state index in [9.17, 15) is 4.21 Å². The van der Waals surface area contributed by atoms with E-state index in [1.807, 2.05) is 18.7 Å². The molecule has 0 aromatic carbocycles. The molecule has 1 heterocycles. The normalized spacial score (nSPS) is 14.9. The van der Waals surface area contributed by atoms with Crippen LogP contribution in [0.3, 0.4) is 0 Å². The SMILES string of the molecule is CCc1nn(C)c(CNCC(C)S(C)=O)c1Br. The van der Waals surface area contributed by atoms with E-state index in [1.54, 1.807) is 6.26 Å². The van der Waals surface area contributed by atoms with Gasteiger partial charge in [0, 0.05) is 42.4 Å². The summed E-state index contributed by atoms with van der Waals surface area (Å²) in [5.74, 6) is 0. The van der Waals surface area contributed by atoms with Crippen molar-refractivity contribution in [2.24, 2.45) is 7.05 Å². The Labute approximate surface area is 114 Å². The highest BCUT2D eigenvalue weighted by atomic mass is 79.9. The molecule has 98 valence electrons. The molecule has 0 radical (unpaired) electrons. The Morgan fingerprint density at radius 1 is 1.59 bits per heavy atom. The minimum absolute atomic E-state index is 0.174. The van der Waals surface area contributed by atoms with Gasteiger partial charge in [-0.05, 0) is 29.3 Å². The third-order valence-corrected chi connectivity index (χ3v) is 5.01. The lowest BCUT2D eigenvalue weighted by Crippen LogP contribution is -2.28. The molecule has 2 unspecified atom stereocenters. The fourth-order valence-corrected chi connectivity index (χ4v) is 2.63. The molecule has 0 saturated carbocycles. The van der Waals surface area contributed by atoms with E-state index in [0.29, 0.717) is 0 Å². The van der Waals surface area contributed by atoms with Crippen LogP contribution in [0.4, 0.5) is 0 Å². The van der Waals surface area contributed by atoms with Crippen LogP contribution >= 0.6 is 15.9 Å². The van der Waals surface area contributed by atoms with E-state index in [-0.39, 0.29) is 5.25 Å². The highest BCUT2D eigenvalue weighted by molar-refractivity contribution is 9.10. The number of hydrogen-bond donors (Lipinski definition) is 1. The van der Waals surface area contributed by atoms with Gasteiger partial charge < -0.3 is 5.32 Å². The second-order valence-electron chi connectivity index (χ2n) is 4.12. The van der Waals surface area contributed by atoms with Gasteiger partial charge in [-0.3, -0.25) is 8.89 Å². The third-order valence-electron chi connectivity index (χ3n) is 2.79. The monoisotopic (exact) mass is 321 g/mol. The summed E-state index contributed by atoms with van der Waals surface area (Å²) >= 11 is 3.58. The molecule has 4 nitrogen and oxygen atoms in total. The van der Waals surface area contributed by atoms with Crippen LogP contribution < -0.4 is 5.32 Å². The second-order valence-corrected chi connectivity index (χ2v) is 6.72. The Morgan fingerprint density at radius 2 is 2.24 bits per heavy atom. The van der Waals surface area contributed by atoms with E-state index in [2.05, 4.69) is 33.3 Å². The van der Waals surface area contributed by atoms with E-state index in [0.717, 1.165) is 35.4 Å². The highest BCUT2D eigenvalue weighted by Crippen LogP contribution is 2.21. The molecule has 0 saturated heterocycles. The van der Waals surface area contributed by atoms with Gasteiger partial charge in [-0.1, -0.05) is 6.92 Å². The molecule has 1 N–H and O–H groups in total. The van der Waals surface area contributed by atoms with E-state index >= 15 is 0 Å². The summed E-state index contributed by atoms with van der Waals surface area (Å²) in [6, 6.07) is 0. The lowest BCUT2D eigenvalue weighted by molar-refractivity contribution is 0.611. The Morgan fingerprint density at radius 3 is 2.71 bits per heavy atom. The summed E-state index contributed by atoms with van der Waals surface area (Å²) in [5.41, 5.74) is 2.22. The summed E-state index contributed by atoms with van der Waals surface area (Å²) in [4.78, 5) is 0. The fourth-order valence-electron chi connectivity index (χ4n) is 1.52. The zero-order chi connectivity index (χ0) is 13.0. The largest absolute Gasteiger partial charge is 0.310 e. The van der Waals surface area contributed by atoms with Crippen molar-refractivity contribution in [3.63, 3.8) is 0 Å². The molecular weight excluding hydrogens is 302 g/mol. The fraction of sp³-hybridized carbons (Fsp3) is 0.727. The first kappa shape index (κ1) is 14.9. The van der Waals surface area contributed by atoms with Crippen molar-refractivity contribution in [1.29, 1.82) is 0 Å². The highest BCUT2D eigenvalue weighted by Gasteiger charge is 2.12. The molecular formula is C11H20BrN3OS. The number of rotatable bonds is 6. The van der Waals surface area contributed by atoms with Crippen LogP contribution in [-0.2, 0) is 30.8 Å². The Kier molecular flexibility index (Phi) is 5.82. The van der Waals surface area contributed by atoms with Crippen molar-refractivity contribution in [2.75, 3.05) is 12.8 Å². The molecule has 0 aliphatic rings. The first-order valence-electron chi connectivity index (χ1n) is 5.70. The molecule has 1 rings (SSSR count). The van der Waals surface area contributed by atoms with Crippen molar-refractivity contribution in [3.8, 4) is 0 Å². The third kappa shape index (κ3) is 3.89. The van der Waals surface area contributed by atoms with Gasteiger partial charge in [-0.15, -0.1) is 0 Å². The van der Waals surface area contributed by atoms with E-state index in [1.165, 1.54) is 0 Å². The number of nitrogens with zero attached hydrogens (tertiary/aromatic N) is 2. The van der Waals surface area contributed by atoms with Gasteiger partial charge in [0.25, 0.3) is 0 Å². The molecule has 2 atom stereocenters. The molecule has 0 bridgehead atoms. The van der Waals surface area contributed by atoms with Crippen LogP contribution in [0.15, 0.2) is 4.47 Å². The maximum Gasteiger partial charge on any atom is 0.0767 e. The summed E-state index contributed by atoms with van der Waals surface area (Å²) in [6.45, 7) is 5.57. The molecule has 0 aliphatic carbocycles. The summed E-state index contributed by atoms with van der Waals surface area (Å²) < 4.78 is 14.2. The van der Waals surface area contributed by atoms with Crippen molar-refractivity contribution < 1.29 is 4.21 Å². The Balaban J connectivity index is 2.58. The summed E-state index contributed by atoms with van der Waals surface area (Å²) in [5, 5.41) is 7.92. The molecule has 1 aromatic rings. The number of aromatic nitrogens is 2. The minimum Gasteiger partial charge on any atom is -0.310 e. The zero-order valence-electron chi connectivity index (χ0n) is 10.8. The van der Waals surface area contributed by atoms with Crippen molar-refractivity contribution in [3.05, 3.63) is 15.9 Å². The molecule has 6 heteroatoms. The van der Waals surface area contributed by atoms with Gasteiger partial charge in [0.2, 0.25) is 0 Å². The quantitative estimate of drug-likeness (QED) is 0.865. The first-order valence-corrected chi connectivity index (χ1v) is 8.12. The summed E-state index contributed by atoms with van der Waals surface area (Å²) in [7, 11) is 1.17. The Hall–Kier alpha value is -0.200. The van der Waals surface area contributed by atoms with Gasteiger partial charge in [-0.2, -0.15) is 5.10 Å². The van der Waals surface area contributed by atoms with Crippen LogP contribution in [0.1, 0.15) is 25.2 Å². The molecule has 0 aliphatic heterocycles. The summed E-state index contributed by atoms with van der Waals surface area (Å²) in [6.07, 6.45) is 2.66. The van der Waals surface area contributed by atoms with Gasteiger partial charge in [0.05, 0.1) is 15.9 Å². The lowest BCUT2D eigenvalue weighted by Gasteiger charge is -2.10. The smallest absolute Gasteiger partial charge is 0.0767 e. The molecule has 0 spiro atoms.